The molecule has 0 aliphatic rings. The Kier molecular flexibility index (Phi) is 2.69. The van der Waals surface area contributed by atoms with Crippen molar-refractivity contribution in [2.45, 2.75) is 6.92 Å². The SMILES string of the molecule is Cc1ccc(-c2[nH]ncc2-c2ccccc2)cc1. The summed E-state index contributed by atoms with van der Waals surface area (Å²) in [7, 11) is 0. The lowest BCUT2D eigenvalue weighted by atomic mass is 10.0. The van der Waals surface area contributed by atoms with Gasteiger partial charge in [-0.05, 0) is 12.5 Å². The molecule has 1 N–H and O–H groups in total. The number of H-pyrrole nitrogens is 1. The zero-order valence-electron chi connectivity index (χ0n) is 10.2. The number of aromatic nitrogens is 2. The van der Waals surface area contributed by atoms with Crippen LogP contribution in [0.3, 0.4) is 0 Å². The molecule has 3 aromatic rings. The Balaban J connectivity index is 2.10. The van der Waals surface area contributed by atoms with Gasteiger partial charge in [-0.15, -0.1) is 0 Å². The van der Waals surface area contributed by atoms with Gasteiger partial charge in [0.15, 0.2) is 0 Å². The molecule has 0 aliphatic heterocycles. The molecule has 1 heterocycles. The highest BCUT2D eigenvalue weighted by molar-refractivity contribution is 5.80. The molecule has 88 valence electrons. The molecule has 0 bridgehead atoms. The van der Waals surface area contributed by atoms with Gasteiger partial charge < -0.3 is 0 Å². The van der Waals surface area contributed by atoms with E-state index in [4.69, 9.17) is 0 Å². The summed E-state index contributed by atoms with van der Waals surface area (Å²) in [6.07, 6.45) is 1.88. The molecule has 0 saturated carbocycles. The largest absolute Gasteiger partial charge is 0.277 e. The van der Waals surface area contributed by atoms with Gasteiger partial charge >= 0.3 is 0 Å². The molecule has 0 fully saturated rings. The lowest BCUT2D eigenvalue weighted by Gasteiger charge is -2.04. The molecule has 1 aromatic heterocycles. The average molecular weight is 234 g/mol. The van der Waals surface area contributed by atoms with Crippen LogP contribution in [-0.4, -0.2) is 10.2 Å². The third-order valence-corrected chi connectivity index (χ3v) is 3.06. The van der Waals surface area contributed by atoms with Crippen molar-refractivity contribution in [1.29, 1.82) is 0 Å². The van der Waals surface area contributed by atoms with E-state index in [1.807, 2.05) is 24.4 Å². The minimum absolute atomic E-state index is 1.07. The molecule has 0 amide bonds. The maximum absolute atomic E-state index is 4.17. The number of aromatic amines is 1. The quantitative estimate of drug-likeness (QED) is 0.712. The summed E-state index contributed by atoms with van der Waals surface area (Å²) in [6.45, 7) is 2.09. The fraction of sp³-hybridized carbons (Fsp3) is 0.0625. The molecule has 3 rings (SSSR count). The zero-order chi connectivity index (χ0) is 12.4. The number of hydrogen-bond donors (Lipinski definition) is 1. The lowest BCUT2D eigenvalue weighted by Crippen LogP contribution is -1.83. The number of rotatable bonds is 2. The maximum Gasteiger partial charge on any atom is 0.0728 e. The van der Waals surface area contributed by atoms with Crippen molar-refractivity contribution in [2.24, 2.45) is 0 Å². The Hall–Kier alpha value is -2.35. The van der Waals surface area contributed by atoms with Crippen molar-refractivity contribution in [1.82, 2.24) is 10.2 Å². The highest BCUT2D eigenvalue weighted by Crippen LogP contribution is 2.29. The van der Waals surface area contributed by atoms with E-state index in [1.54, 1.807) is 0 Å². The van der Waals surface area contributed by atoms with Crippen LogP contribution < -0.4 is 0 Å². The first-order valence-corrected chi connectivity index (χ1v) is 6.00. The molecule has 0 aliphatic carbocycles. The summed E-state index contributed by atoms with van der Waals surface area (Å²) in [5, 5.41) is 7.26. The summed E-state index contributed by atoms with van der Waals surface area (Å²) in [5.74, 6) is 0. The Morgan fingerprint density at radius 1 is 0.833 bits per heavy atom. The molecule has 18 heavy (non-hydrogen) atoms. The number of nitrogens with zero attached hydrogens (tertiary/aromatic N) is 1. The average Bonchev–Trinajstić information content (AvgIpc) is 2.90. The first-order valence-electron chi connectivity index (χ1n) is 6.00. The second kappa shape index (κ2) is 4.49. The molecule has 0 saturated heterocycles. The molecule has 2 aromatic carbocycles. The number of benzene rings is 2. The molecular weight excluding hydrogens is 220 g/mol. The van der Waals surface area contributed by atoms with Gasteiger partial charge in [0.2, 0.25) is 0 Å². The van der Waals surface area contributed by atoms with Crippen LogP contribution >= 0.6 is 0 Å². The van der Waals surface area contributed by atoms with Crippen molar-refractivity contribution < 1.29 is 0 Å². The topological polar surface area (TPSA) is 28.7 Å². The van der Waals surface area contributed by atoms with Crippen LogP contribution in [0.4, 0.5) is 0 Å². The number of aryl methyl sites for hydroxylation is 1. The van der Waals surface area contributed by atoms with Crippen LogP contribution in [0.15, 0.2) is 60.8 Å². The Labute approximate surface area is 106 Å². The van der Waals surface area contributed by atoms with Gasteiger partial charge in [-0.1, -0.05) is 60.2 Å². The summed E-state index contributed by atoms with van der Waals surface area (Å²) < 4.78 is 0. The van der Waals surface area contributed by atoms with Crippen molar-refractivity contribution in [3.05, 3.63) is 66.4 Å². The van der Waals surface area contributed by atoms with E-state index < -0.39 is 0 Å². The molecule has 0 atom stereocenters. The van der Waals surface area contributed by atoms with Gasteiger partial charge in [0.05, 0.1) is 11.9 Å². The Morgan fingerprint density at radius 2 is 1.56 bits per heavy atom. The van der Waals surface area contributed by atoms with Crippen molar-refractivity contribution in [3.63, 3.8) is 0 Å². The monoisotopic (exact) mass is 234 g/mol. The first kappa shape index (κ1) is 10.8. The molecule has 2 nitrogen and oxygen atoms in total. The molecular formula is C16H14N2. The van der Waals surface area contributed by atoms with Crippen LogP contribution in [0.2, 0.25) is 0 Å². The highest BCUT2D eigenvalue weighted by Gasteiger charge is 2.08. The second-order valence-electron chi connectivity index (χ2n) is 4.39. The lowest BCUT2D eigenvalue weighted by molar-refractivity contribution is 1.09. The number of hydrogen-bond acceptors (Lipinski definition) is 1. The van der Waals surface area contributed by atoms with E-state index in [-0.39, 0.29) is 0 Å². The molecule has 0 unspecified atom stereocenters. The van der Waals surface area contributed by atoms with Gasteiger partial charge in [-0.2, -0.15) is 5.10 Å². The van der Waals surface area contributed by atoms with E-state index in [0.717, 1.165) is 16.8 Å². The van der Waals surface area contributed by atoms with E-state index in [9.17, 15) is 0 Å². The summed E-state index contributed by atoms with van der Waals surface area (Å²) in [6, 6.07) is 18.8. The van der Waals surface area contributed by atoms with Crippen LogP contribution in [0, 0.1) is 6.92 Å². The Morgan fingerprint density at radius 3 is 2.28 bits per heavy atom. The van der Waals surface area contributed by atoms with E-state index in [2.05, 4.69) is 53.5 Å². The Bertz CT molecular complexity index is 636. The van der Waals surface area contributed by atoms with Gasteiger partial charge in [0.25, 0.3) is 0 Å². The van der Waals surface area contributed by atoms with Crippen molar-refractivity contribution in [2.75, 3.05) is 0 Å². The van der Waals surface area contributed by atoms with Crippen LogP contribution in [-0.2, 0) is 0 Å². The standard InChI is InChI=1S/C16H14N2/c1-12-7-9-14(10-8-12)16-15(11-17-18-16)13-5-3-2-4-6-13/h2-11H,1H3,(H,17,18). The summed E-state index contributed by atoms with van der Waals surface area (Å²) >= 11 is 0. The number of nitrogens with one attached hydrogen (secondary N) is 1. The minimum atomic E-state index is 1.07. The second-order valence-corrected chi connectivity index (χ2v) is 4.39. The highest BCUT2D eigenvalue weighted by atomic mass is 15.1. The van der Waals surface area contributed by atoms with Crippen LogP contribution in [0.1, 0.15) is 5.56 Å². The van der Waals surface area contributed by atoms with E-state index >= 15 is 0 Å². The fourth-order valence-corrected chi connectivity index (χ4v) is 2.06. The molecule has 0 radical (unpaired) electrons. The minimum Gasteiger partial charge on any atom is -0.277 e. The third-order valence-electron chi connectivity index (χ3n) is 3.06. The van der Waals surface area contributed by atoms with Gasteiger partial charge in [-0.25, -0.2) is 0 Å². The summed E-state index contributed by atoms with van der Waals surface area (Å²) in [4.78, 5) is 0. The van der Waals surface area contributed by atoms with Gasteiger partial charge in [0.1, 0.15) is 0 Å². The predicted octanol–water partition coefficient (Wildman–Crippen LogP) is 4.05. The normalized spacial score (nSPS) is 10.5. The molecule has 2 heteroatoms. The van der Waals surface area contributed by atoms with Crippen LogP contribution in [0.5, 0.6) is 0 Å². The summed E-state index contributed by atoms with van der Waals surface area (Å²) in [5.41, 5.74) is 5.82. The van der Waals surface area contributed by atoms with E-state index in [0.29, 0.717) is 0 Å². The van der Waals surface area contributed by atoms with Crippen molar-refractivity contribution >= 4 is 0 Å². The van der Waals surface area contributed by atoms with Crippen LogP contribution in [0.25, 0.3) is 22.4 Å². The smallest absolute Gasteiger partial charge is 0.0728 e. The first-order chi connectivity index (χ1) is 8.84. The van der Waals surface area contributed by atoms with Gasteiger partial charge in [0, 0.05) is 11.1 Å². The maximum atomic E-state index is 4.17. The zero-order valence-corrected chi connectivity index (χ0v) is 10.2. The fourth-order valence-electron chi connectivity index (χ4n) is 2.06. The molecule has 0 spiro atoms. The predicted molar refractivity (Wildman–Crippen MR) is 74.2 cm³/mol. The van der Waals surface area contributed by atoms with Crippen molar-refractivity contribution in [3.8, 4) is 22.4 Å². The third kappa shape index (κ3) is 1.93. The van der Waals surface area contributed by atoms with E-state index in [1.165, 1.54) is 11.1 Å². The van der Waals surface area contributed by atoms with Gasteiger partial charge in [-0.3, -0.25) is 5.10 Å².